The molecule has 0 N–H and O–H groups in total. The van der Waals surface area contributed by atoms with Crippen LogP contribution in [0.15, 0.2) is 218 Å². The van der Waals surface area contributed by atoms with E-state index in [2.05, 4.69) is 228 Å². The molecule has 0 aliphatic carbocycles. The second kappa shape index (κ2) is 12.4. The third-order valence-corrected chi connectivity index (χ3v) is 17.3. The third-order valence-electron chi connectivity index (χ3n) is 12.3. The highest BCUT2D eigenvalue weighted by molar-refractivity contribution is 7.23. The summed E-state index contributed by atoms with van der Waals surface area (Å²) in [6, 6.07) is 81.4. The number of aromatic nitrogens is 1. The van der Waals surface area contributed by atoms with Crippen molar-refractivity contribution in [2.24, 2.45) is 0 Å². The third kappa shape index (κ3) is 4.58. The Morgan fingerprint density at radius 3 is 1.47 bits per heavy atom. The number of nitrogens with zero attached hydrogens (tertiary/aromatic N) is 2. The molecule has 1 spiro atoms. The van der Waals surface area contributed by atoms with Gasteiger partial charge in [0, 0.05) is 33.5 Å². The van der Waals surface area contributed by atoms with Gasteiger partial charge in [0.2, 0.25) is 0 Å². The first kappa shape index (κ1) is 32.1. The van der Waals surface area contributed by atoms with Gasteiger partial charge < -0.3 is 9.47 Å². The van der Waals surface area contributed by atoms with E-state index in [-0.39, 0.29) is 0 Å². The summed E-state index contributed by atoms with van der Waals surface area (Å²) in [5, 5.41) is 8.34. The van der Waals surface area contributed by atoms with E-state index in [0.717, 1.165) is 11.4 Å². The number of rotatable bonds is 4. The highest BCUT2D eigenvalue weighted by Crippen LogP contribution is 2.44. The van der Waals surface area contributed by atoms with E-state index in [9.17, 15) is 0 Å². The van der Waals surface area contributed by atoms with Gasteiger partial charge in [-0.1, -0.05) is 164 Å². The second-order valence-electron chi connectivity index (χ2n) is 15.3. The minimum absolute atomic E-state index is 1.15. The zero-order valence-corrected chi connectivity index (χ0v) is 32.2. The molecule has 57 heavy (non-hydrogen) atoms. The first-order valence-corrected chi connectivity index (χ1v) is 21.8. The predicted octanol–water partition coefficient (Wildman–Crippen LogP) is 11.3. The van der Waals surface area contributed by atoms with Crippen molar-refractivity contribution in [3.63, 3.8) is 0 Å². The number of para-hydroxylation sites is 3. The van der Waals surface area contributed by atoms with E-state index >= 15 is 0 Å². The van der Waals surface area contributed by atoms with Gasteiger partial charge in [-0.2, -0.15) is 0 Å². The van der Waals surface area contributed by atoms with Crippen LogP contribution in [0.25, 0.3) is 60.9 Å². The molecule has 9 aromatic carbocycles. The lowest BCUT2D eigenvalue weighted by atomic mass is 9.98. The minimum Gasteiger partial charge on any atom is -0.311 e. The van der Waals surface area contributed by atoms with Crippen molar-refractivity contribution in [1.82, 2.24) is 4.57 Å². The highest BCUT2D eigenvalue weighted by atomic mass is 28.3. The van der Waals surface area contributed by atoms with Gasteiger partial charge >= 0.3 is 0 Å². The van der Waals surface area contributed by atoms with Crippen LogP contribution in [-0.4, -0.2) is 12.6 Å². The summed E-state index contributed by atoms with van der Waals surface area (Å²) in [5.74, 6) is 0. The average molecular weight is 741 g/mol. The quantitative estimate of drug-likeness (QED) is 0.163. The molecule has 266 valence electrons. The van der Waals surface area contributed by atoms with Crippen molar-refractivity contribution in [3.05, 3.63) is 218 Å². The Labute approximate surface area is 333 Å². The van der Waals surface area contributed by atoms with E-state index in [1.165, 1.54) is 87.3 Å². The SMILES string of the molecule is c1ccc(-c2cc(-c3ccccc3)cc(-n3c4ccccc4c4cc5c(cc43)N(c3ccccc3)c3ccccc3[Si]53c4ccccc4-c4ccccc43)c2)cc1. The van der Waals surface area contributed by atoms with E-state index in [1.54, 1.807) is 0 Å². The Balaban J connectivity index is 1.23. The Morgan fingerprint density at radius 1 is 0.298 bits per heavy atom. The van der Waals surface area contributed by atoms with E-state index < -0.39 is 8.07 Å². The van der Waals surface area contributed by atoms with Gasteiger partial charge in [0.05, 0.1) is 11.0 Å². The van der Waals surface area contributed by atoms with Crippen LogP contribution in [0.5, 0.6) is 0 Å². The fourth-order valence-electron chi connectivity index (χ4n) is 10.0. The summed E-state index contributed by atoms with van der Waals surface area (Å²) in [5.41, 5.74) is 14.7. The molecule has 0 saturated carbocycles. The van der Waals surface area contributed by atoms with Crippen LogP contribution in [0.4, 0.5) is 17.1 Å². The Morgan fingerprint density at radius 2 is 0.825 bits per heavy atom. The van der Waals surface area contributed by atoms with E-state index in [0.29, 0.717) is 0 Å². The van der Waals surface area contributed by atoms with Gasteiger partial charge in [-0.3, -0.25) is 0 Å². The van der Waals surface area contributed by atoms with Crippen LogP contribution in [0.3, 0.4) is 0 Å². The summed E-state index contributed by atoms with van der Waals surface area (Å²) < 4.78 is 2.51. The first-order chi connectivity index (χ1) is 28.3. The second-order valence-corrected chi connectivity index (χ2v) is 18.9. The smallest absolute Gasteiger partial charge is 0.185 e. The Bertz CT molecular complexity index is 3080. The summed E-state index contributed by atoms with van der Waals surface area (Å²) >= 11 is 0. The van der Waals surface area contributed by atoms with Crippen LogP contribution in [-0.2, 0) is 0 Å². The number of fused-ring (bicyclic) bond motifs is 12. The van der Waals surface area contributed by atoms with Gasteiger partial charge in [-0.15, -0.1) is 0 Å². The molecule has 0 unspecified atom stereocenters. The van der Waals surface area contributed by atoms with E-state index in [4.69, 9.17) is 0 Å². The molecule has 0 amide bonds. The van der Waals surface area contributed by atoms with Crippen LogP contribution >= 0.6 is 0 Å². The van der Waals surface area contributed by atoms with Gasteiger partial charge in [0.25, 0.3) is 0 Å². The maximum Gasteiger partial charge on any atom is 0.185 e. The predicted molar refractivity (Wildman–Crippen MR) is 243 cm³/mol. The zero-order chi connectivity index (χ0) is 37.5. The normalized spacial score (nSPS) is 13.4. The molecule has 0 radical (unpaired) electrons. The van der Waals surface area contributed by atoms with Gasteiger partial charge in [0.15, 0.2) is 8.07 Å². The van der Waals surface area contributed by atoms with Crippen LogP contribution < -0.4 is 25.6 Å². The molecular weight excluding hydrogens is 705 g/mol. The molecule has 0 fully saturated rings. The molecule has 3 heteroatoms. The lowest BCUT2D eigenvalue weighted by Gasteiger charge is -2.43. The van der Waals surface area contributed by atoms with Crippen LogP contribution in [0.2, 0.25) is 0 Å². The maximum atomic E-state index is 2.60. The van der Waals surface area contributed by atoms with Crippen molar-refractivity contribution in [3.8, 4) is 39.1 Å². The molecule has 12 rings (SSSR count). The summed E-state index contributed by atoms with van der Waals surface area (Å²) in [6.07, 6.45) is 0. The lowest BCUT2D eigenvalue weighted by Crippen LogP contribution is -2.75. The molecule has 2 nitrogen and oxygen atoms in total. The summed E-state index contributed by atoms with van der Waals surface area (Å²) in [7, 11) is -2.81. The van der Waals surface area contributed by atoms with Gasteiger partial charge in [-0.05, 0) is 109 Å². The van der Waals surface area contributed by atoms with Crippen molar-refractivity contribution in [2.75, 3.05) is 4.90 Å². The maximum absolute atomic E-state index is 2.81. The lowest BCUT2D eigenvalue weighted by molar-refractivity contribution is 1.18. The highest BCUT2D eigenvalue weighted by Gasteiger charge is 2.54. The molecule has 0 atom stereocenters. The zero-order valence-electron chi connectivity index (χ0n) is 31.2. The van der Waals surface area contributed by atoms with Crippen molar-refractivity contribution < 1.29 is 0 Å². The Hall–Kier alpha value is -7.20. The van der Waals surface area contributed by atoms with Crippen molar-refractivity contribution in [2.45, 2.75) is 0 Å². The topological polar surface area (TPSA) is 8.17 Å². The largest absolute Gasteiger partial charge is 0.311 e. The van der Waals surface area contributed by atoms with Crippen LogP contribution in [0, 0.1) is 0 Å². The fourth-order valence-corrected chi connectivity index (χ4v) is 15.6. The Kier molecular flexibility index (Phi) is 6.98. The molecule has 1 aromatic heterocycles. The number of hydrogen-bond acceptors (Lipinski definition) is 1. The number of benzene rings is 9. The molecule has 10 aromatic rings. The standard InChI is InChI=1S/C54H36N2Si/c1-4-18-37(19-5-1)39-32-40(38-20-6-2-7-21-38)34-42(33-39)56-47-27-13-10-24-43(47)46-35-54-50(36-49(46)56)55(41-22-8-3-9-23-41)48-28-14-17-31-53(48)57(54)51-29-15-11-25-44(51)45-26-12-16-30-52(45)57/h1-36H. The number of hydrogen-bond donors (Lipinski definition) is 0. The first-order valence-electron chi connectivity index (χ1n) is 19.8. The van der Waals surface area contributed by atoms with E-state index in [1.807, 2.05) is 0 Å². The molecule has 0 bridgehead atoms. The molecule has 3 heterocycles. The monoisotopic (exact) mass is 740 g/mol. The van der Waals surface area contributed by atoms with Crippen molar-refractivity contribution in [1.29, 1.82) is 0 Å². The average Bonchev–Trinajstić information content (AvgIpc) is 3.77. The van der Waals surface area contributed by atoms with Crippen LogP contribution in [0.1, 0.15) is 0 Å². The molecular formula is C54H36N2Si. The summed E-state index contributed by atoms with van der Waals surface area (Å²) in [6.45, 7) is 0. The fraction of sp³-hybridized carbons (Fsp3) is 0. The molecule has 0 saturated heterocycles. The van der Waals surface area contributed by atoms with Crippen molar-refractivity contribution >= 4 is 67.7 Å². The number of anilines is 3. The summed E-state index contributed by atoms with van der Waals surface area (Å²) in [4.78, 5) is 2.53. The molecule has 2 aliphatic rings. The molecule has 2 aliphatic heterocycles. The van der Waals surface area contributed by atoms with Gasteiger partial charge in [0.1, 0.15) is 0 Å². The minimum atomic E-state index is -2.81. The van der Waals surface area contributed by atoms with Gasteiger partial charge in [-0.25, -0.2) is 0 Å².